The van der Waals surface area contributed by atoms with E-state index in [-0.39, 0.29) is 0 Å². The monoisotopic (exact) mass is 314 g/mol. The van der Waals surface area contributed by atoms with Crippen molar-refractivity contribution in [2.24, 2.45) is 0 Å². The van der Waals surface area contributed by atoms with Gasteiger partial charge in [-0.3, -0.25) is 15.0 Å². The van der Waals surface area contributed by atoms with Crippen LogP contribution in [0.3, 0.4) is 0 Å². The second kappa shape index (κ2) is 6.20. The zero-order valence-electron chi connectivity index (χ0n) is 11.9. The molecule has 0 spiro atoms. The van der Waals surface area contributed by atoms with Crippen LogP contribution in [0.2, 0.25) is 5.02 Å². The van der Waals surface area contributed by atoms with Crippen molar-refractivity contribution >= 4 is 29.2 Å². The SMILES string of the molecule is O=C(NC(=O)N1CCCc2ccccc21)c1ccc(Cl)cc1. The summed E-state index contributed by atoms with van der Waals surface area (Å²) in [5.41, 5.74) is 2.40. The number of nitrogens with one attached hydrogen (secondary N) is 1. The molecule has 2 aromatic rings. The first-order valence-electron chi connectivity index (χ1n) is 7.11. The fourth-order valence-corrected chi connectivity index (χ4v) is 2.71. The molecule has 3 amide bonds. The predicted octanol–water partition coefficient (Wildman–Crippen LogP) is 3.64. The molecule has 1 N–H and O–H groups in total. The van der Waals surface area contributed by atoms with Crippen LogP contribution >= 0.6 is 11.6 Å². The number of halogens is 1. The summed E-state index contributed by atoms with van der Waals surface area (Å²) in [5, 5.41) is 2.98. The van der Waals surface area contributed by atoms with Gasteiger partial charge in [-0.15, -0.1) is 0 Å². The molecule has 3 rings (SSSR count). The molecule has 112 valence electrons. The number of fused-ring (bicyclic) bond motifs is 1. The molecule has 0 radical (unpaired) electrons. The van der Waals surface area contributed by atoms with Crippen molar-refractivity contribution in [3.8, 4) is 0 Å². The number of para-hydroxylation sites is 1. The standard InChI is InChI=1S/C17H15ClN2O2/c18-14-9-7-13(8-10-14)16(21)19-17(22)20-11-3-5-12-4-1-2-6-15(12)20/h1-2,4,6-10H,3,5,11H2,(H,19,21,22). The van der Waals surface area contributed by atoms with Gasteiger partial charge < -0.3 is 0 Å². The van der Waals surface area contributed by atoms with E-state index in [9.17, 15) is 9.59 Å². The van der Waals surface area contributed by atoms with E-state index < -0.39 is 11.9 Å². The van der Waals surface area contributed by atoms with Gasteiger partial charge in [0.15, 0.2) is 0 Å². The minimum absolute atomic E-state index is 0.396. The van der Waals surface area contributed by atoms with E-state index in [0.717, 1.165) is 24.1 Å². The number of amides is 3. The topological polar surface area (TPSA) is 49.4 Å². The predicted molar refractivity (Wildman–Crippen MR) is 86.4 cm³/mol. The first-order valence-corrected chi connectivity index (χ1v) is 7.49. The molecule has 4 nitrogen and oxygen atoms in total. The van der Waals surface area contributed by atoms with Crippen LogP contribution in [0.15, 0.2) is 48.5 Å². The number of carbonyl (C=O) groups is 2. The molecule has 0 aliphatic carbocycles. The van der Waals surface area contributed by atoms with Gasteiger partial charge in [-0.05, 0) is 48.7 Å². The molecule has 0 bridgehead atoms. The summed E-state index contributed by atoms with van der Waals surface area (Å²) in [6.07, 6.45) is 1.84. The molecule has 1 aliphatic heterocycles. The van der Waals surface area contributed by atoms with Crippen LogP contribution in [-0.2, 0) is 6.42 Å². The fourth-order valence-electron chi connectivity index (χ4n) is 2.58. The minimum Gasteiger partial charge on any atom is -0.294 e. The smallest absolute Gasteiger partial charge is 0.294 e. The lowest BCUT2D eigenvalue weighted by atomic mass is 10.0. The molecule has 0 aromatic heterocycles. The Morgan fingerprint density at radius 3 is 2.55 bits per heavy atom. The van der Waals surface area contributed by atoms with Crippen LogP contribution in [0.1, 0.15) is 22.3 Å². The van der Waals surface area contributed by atoms with E-state index in [4.69, 9.17) is 11.6 Å². The van der Waals surface area contributed by atoms with Crippen LogP contribution < -0.4 is 10.2 Å². The number of urea groups is 1. The maximum Gasteiger partial charge on any atom is 0.328 e. The number of imide groups is 1. The Hall–Kier alpha value is -2.33. The van der Waals surface area contributed by atoms with Crippen molar-refractivity contribution in [1.29, 1.82) is 0 Å². The van der Waals surface area contributed by atoms with Gasteiger partial charge in [0.2, 0.25) is 0 Å². The van der Waals surface area contributed by atoms with Gasteiger partial charge in [0.05, 0.1) is 0 Å². The normalized spacial score (nSPS) is 13.4. The molecule has 5 heteroatoms. The Labute approximate surface area is 133 Å². The van der Waals surface area contributed by atoms with Crippen LogP contribution in [0.25, 0.3) is 0 Å². The molecule has 0 atom stereocenters. The number of anilines is 1. The highest BCUT2D eigenvalue weighted by Crippen LogP contribution is 2.26. The molecular weight excluding hydrogens is 300 g/mol. The summed E-state index contributed by atoms with van der Waals surface area (Å²) in [4.78, 5) is 26.1. The number of benzene rings is 2. The van der Waals surface area contributed by atoms with Crippen molar-refractivity contribution in [3.05, 3.63) is 64.7 Å². The highest BCUT2D eigenvalue weighted by molar-refractivity contribution is 6.30. The van der Waals surface area contributed by atoms with E-state index in [1.54, 1.807) is 29.2 Å². The maximum absolute atomic E-state index is 12.4. The summed E-state index contributed by atoms with van der Waals surface area (Å²) in [6.45, 7) is 0.608. The van der Waals surface area contributed by atoms with E-state index in [2.05, 4.69) is 5.32 Å². The lowest BCUT2D eigenvalue weighted by Crippen LogP contribution is -2.45. The van der Waals surface area contributed by atoms with E-state index in [1.165, 1.54) is 0 Å². The average Bonchev–Trinajstić information content (AvgIpc) is 2.54. The number of nitrogens with zero attached hydrogens (tertiary/aromatic N) is 1. The second-order valence-electron chi connectivity index (χ2n) is 5.15. The second-order valence-corrected chi connectivity index (χ2v) is 5.59. The third-order valence-electron chi connectivity index (χ3n) is 3.68. The highest BCUT2D eigenvalue weighted by Gasteiger charge is 2.23. The van der Waals surface area contributed by atoms with Gasteiger partial charge in [0, 0.05) is 22.8 Å². The molecule has 0 saturated heterocycles. The van der Waals surface area contributed by atoms with E-state index >= 15 is 0 Å². The zero-order chi connectivity index (χ0) is 15.5. The lowest BCUT2D eigenvalue weighted by Gasteiger charge is -2.29. The summed E-state index contributed by atoms with van der Waals surface area (Å²) >= 11 is 5.79. The third kappa shape index (κ3) is 2.97. The van der Waals surface area contributed by atoms with Crippen molar-refractivity contribution in [1.82, 2.24) is 5.32 Å². The van der Waals surface area contributed by atoms with Crippen molar-refractivity contribution < 1.29 is 9.59 Å². The molecule has 1 aliphatic rings. The summed E-state index contributed by atoms with van der Waals surface area (Å²) in [6, 6.07) is 13.8. The third-order valence-corrected chi connectivity index (χ3v) is 3.93. The molecule has 22 heavy (non-hydrogen) atoms. The number of hydrogen-bond donors (Lipinski definition) is 1. The summed E-state index contributed by atoms with van der Waals surface area (Å²) in [7, 11) is 0. The molecular formula is C17H15ClN2O2. The van der Waals surface area contributed by atoms with Gasteiger partial charge in [-0.1, -0.05) is 29.8 Å². The van der Waals surface area contributed by atoms with Crippen LogP contribution in [0.4, 0.5) is 10.5 Å². The molecule has 0 saturated carbocycles. The van der Waals surface area contributed by atoms with Gasteiger partial charge in [0.1, 0.15) is 0 Å². The number of rotatable bonds is 1. The molecule has 0 unspecified atom stereocenters. The van der Waals surface area contributed by atoms with Crippen molar-refractivity contribution in [2.75, 3.05) is 11.4 Å². The number of aryl methyl sites for hydroxylation is 1. The van der Waals surface area contributed by atoms with Crippen LogP contribution in [0, 0.1) is 0 Å². The maximum atomic E-state index is 12.4. The minimum atomic E-state index is -0.426. The Balaban J connectivity index is 1.75. The highest BCUT2D eigenvalue weighted by atomic mass is 35.5. The Morgan fingerprint density at radius 2 is 1.77 bits per heavy atom. The fraction of sp³-hybridized carbons (Fsp3) is 0.176. The largest absolute Gasteiger partial charge is 0.328 e. The van der Waals surface area contributed by atoms with Crippen LogP contribution in [-0.4, -0.2) is 18.5 Å². The van der Waals surface area contributed by atoms with Crippen molar-refractivity contribution in [3.63, 3.8) is 0 Å². The van der Waals surface area contributed by atoms with Gasteiger partial charge in [-0.2, -0.15) is 0 Å². The zero-order valence-corrected chi connectivity index (χ0v) is 12.6. The Kier molecular flexibility index (Phi) is 4.11. The quantitative estimate of drug-likeness (QED) is 0.873. The van der Waals surface area contributed by atoms with Crippen molar-refractivity contribution in [2.45, 2.75) is 12.8 Å². The van der Waals surface area contributed by atoms with E-state index in [1.807, 2.05) is 24.3 Å². The van der Waals surface area contributed by atoms with E-state index in [0.29, 0.717) is 17.1 Å². The molecule has 0 fully saturated rings. The summed E-state index contributed by atoms with van der Waals surface area (Å²) < 4.78 is 0. The first kappa shape index (κ1) is 14.6. The summed E-state index contributed by atoms with van der Waals surface area (Å²) in [5.74, 6) is -0.426. The lowest BCUT2D eigenvalue weighted by molar-refractivity contribution is 0.0965. The average molecular weight is 315 g/mol. The number of hydrogen-bond acceptors (Lipinski definition) is 2. The Bertz CT molecular complexity index is 713. The molecule has 1 heterocycles. The van der Waals surface area contributed by atoms with Crippen LogP contribution in [0.5, 0.6) is 0 Å². The van der Waals surface area contributed by atoms with Gasteiger partial charge >= 0.3 is 6.03 Å². The first-order chi connectivity index (χ1) is 10.6. The Morgan fingerprint density at radius 1 is 1.05 bits per heavy atom. The number of carbonyl (C=O) groups excluding carboxylic acids is 2. The van der Waals surface area contributed by atoms with Gasteiger partial charge in [0.25, 0.3) is 5.91 Å². The van der Waals surface area contributed by atoms with Gasteiger partial charge in [-0.25, -0.2) is 4.79 Å². The molecule has 2 aromatic carbocycles.